The number of nitrogens with zero attached hydrogens (tertiary/aromatic N) is 1. The van der Waals surface area contributed by atoms with Crippen molar-refractivity contribution in [2.45, 2.75) is 12.5 Å². The smallest absolute Gasteiger partial charge is 0.404 e. The maximum atomic E-state index is 12.2. The molecule has 1 aromatic rings. The molecule has 0 spiro atoms. The quantitative estimate of drug-likeness (QED) is 0.819. The number of rotatable bonds is 5. The lowest BCUT2D eigenvalue weighted by atomic mass is 10.2. The molecule has 0 amide bonds. The van der Waals surface area contributed by atoms with Crippen LogP contribution in [0.2, 0.25) is 0 Å². The Kier molecular flexibility index (Phi) is 5.27. The third kappa shape index (κ3) is 5.24. The topological polar surface area (TPSA) is 65.3 Å². The zero-order valence-corrected chi connectivity index (χ0v) is 10.3. The molecule has 0 aliphatic heterocycles. The first-order chi connectivity index (χ1) is 8.85. The normalized spacial score (nSPS) is 12.6. The molecule has 104 valence electrons. The van der Waals surface area contributed by atoms with Crippen molar-refractivity contribution < 1.29 is 23.0 Å². The van der Waals surface area contributed by atoms with E-state index >= 15 is 0 Å². The number of aliphatic hydroxyl groups is 1. The molecule has 8 heteroatoms. The lowest BCUT2D eigenvalue weighted by Gasteiger charge is -2.16. The standard InChI is InChI=1S/C11H10ClF3N2O2/c12-4-8(18)6-17-9-2-1-7(5-16)3-10(9)19-11(13,14)15/h1-3,8,17-18H,4,6H2. The summed E-state index contributed by atoms with van der Waals surface area (Å²) in [6.07, 6.45) is -5.77. The van der Waals surface area contributed by atoms with E-state index in [0.29, 0.717) is 0 Å². The second kappa shape index (κ2) is 6.50. The Balaban J connectivity index is 2.93. The van der Waals surface area contributed by atoms with Gasteiger partial charge in [0.05, 0.1) is 29.3 Å². The van der Waals surface area contributed by atoms with Crippen LogP contribution < -0.4 is 10.1 Å². The first-order valence-corrected chi connectivity index (χ1v) is 5.67. The fourth-order valence-corrected chi connectivity index (χ4v) is 1.34. The summed E-state index contributed by atoms with van der Waals surface area (Å²) in [6, 6.07) is 5.27. The van der Waals surface area contributed by atoms with Gasteiger partial charge in [0.1, 0.15) is 0 Å². The number of benzene rings is 1. The lowest BCUT2D eigenvalue weighted by Crippen LogP contribution is -2.22. The molecule has 4 nitrogen and oxygen atoms in total. The van der Waals surface area contributed by atoms with Crippen molar-refractivity contribution in [3.63, 3.8) is 0 Å². The van der Waals surface area contributed by atoms with E-state index in [9.17, 15) is 18.3 Å². The highest BCUT2D eigenvalue weighted by atomic mass is 35.5. The summed E-state index contributed by atoms with van der Waals surface area (Å²) >= 11 is 5.37. The van der Waals surface area contributed by atoms with Crippen LogP contribution in [0.4, 0.5) is 18.9 Å². The van der Waals surface area contributed by atoms with Crippen LogP contribution in [0, 0.1) is 11.3 Å². The predicted octanol–water partition coefficient (Wildman–Crippen LogP) is 2.47. The summed E-state index contributed by atoms with van der Waals surface area (Å²) in [4.78, 5) is 0. The number of anilines is 1. The number of aliphatic hydroxyl groups excluding tert-OH is 1. The van der Waals surface area contributed by atoms with Crippen LogP contribution in [-0.4, -0.2) is 30.0 Å². The highest BCUT2D eigenvalue weighted by Gasteiger charge is 2.32. The molecular formula is C11H10ClF3N2O2. The molecule has 1 aromatic carbocycles. The highest BCUT2D eigenvalue weighted by Crippen LogP contribution is 2.31. The molecule has 1 atom stereocenters. The Morgan fingerprint density at radius 2 is 2.16 bits per heavy atom. The molecule has 0 aliphatic rings. The first-order valence-electron chi connectivity index (χ1n) is 5.13. The largest absolute Gasteiger partial charge is 0.573 e. The summed E-state index contributed by atoms with van der Waals surface area (Å²) in [6.45, 7) is -0.0381. The van der Waals surface area contributed by atoms with Crippen LogP contribution >= 0.6 is 11.6 Å². The number of hydrogen-bond acceptors (Lipinski definition) is 4. The van der Waals surface area contributed by atoms with Crippen LogP contribution in [0.3, 0.4) is 0 Å². The van der Waals surface area contributed by atoms with E-state index in [-0.39, 0.29) is 23.7 Å². The van der Waals surface area contributed by atoms with Crippen molar-refractivity contribution in [2.75, 3.05) is 17.7 Å². The third-order valence-corrected chi connectivity index (χ3v) is 2.40. The molecular weight excluding hydrogens is 285 g/mol. The third-order valence-electron chi connectivity index (χ3n) is 2.04. The molecule has 0 aliphatic carbocycles. The molecule has 1 rings (SSSR count). The zero-order valence-electron chi connectivity index (χ0n) is 9.54. The Bertz CT molecular complexity index is 474. The van der Waals surface area contributed by atoms with Gasteiger partial charge in [-0.3, -0.25) is 0 Å². The first kappa shape index (κ1) is 15.4. The fourth-order valence-electron chi connectivity index (χ4n) is 1.23. The van der Waals surface area contributed by atoms with E-state index in [1.807, 2.05) is 0 Å². The minimum absolute atomic E-state index is 0.0143. The number of ether oxygens (including phenoxy) is 1. The minimum atomic E-state index is -4.87. The molecule has 0 saturated carbocycles. The van der Waals surface area contributed by atoms with Crippen molar-refractivity contribution in [2.24, 2.45) is 0 Å². The highest BCUT2D eigenvalue weighted by molar-refractivity contribution is 6.18. The summed E-state index contributed by atoms with van der Waals surface area (Å²) in [5.41, 5.74) is 0.0446. The molecule has 1 unspecified atom stereocenters. The van der Waals surface area contributed by atoms with Crippen LogP contribution in [0.15, 0.2) is 18.2 Å². The second-order valence-electron chi connectivity index (χ2n) is 3.56. The van der Waals surface area contributed by atoms with Gasteiger partial charge in [0.25, 0.3) is 0 Å². The van der Waals surface area contributed by atoms with Gasteiger partial charge in [0.15, 0.2) is 5.75 Å². The monoisotopic (exact) mass is 294 g/mol. The van der Waals surface area contributed by atoms with Gasteiger partial charge in [0, 0.05) is 12.6 Å². The van der Waals surface area contributed by atoms with E-state index in [1.54, 1.807) is 6.07 Å². The van der Waals surface area contributed by atoms with Crippen molar-refractivity contribution in [1.82, 2.24) is 0 Å². The van der Waals surface area contributed by atoms with Crippen molar-refractivity contribution in [3.05, 3.63) is 23.8 Å². The Hall–Kier alpha value is -1.65. The molecule has 0 radical (unpaired) electrons. The maximum absolute atomic E-state index is 12.2. The summed E-state index contributed by atoms with van der Waals surface area (Å²) in [5, 5.41) is 20.4. The van der Waals surface area contributed by atoms with Gasteiger partial charge in [-0.15, -0.1) is 24.8 Å². The van der Waals surface area contributed by atoms with Crippen molar-refractivity contribution in [1.29, 1.82) is 5.26 Å². The van der Waals surface area contributed by atoms with Crippen molar-refractivity contribution >= 4 is 17.3 Å². The van der Waals surface area contributed by atoms with Crippen LogP contribution in [0.5, 0.6) is 5.75 Å². The second-order valence-corrected chi connectivity index (χ2v) is 3.87. The van der Waals surface area contributed by atoms with E-state index in [4.69, 9.17) is 16.9 Å². The summed E-state index contributed by atoms with van der Waals surface area (Å²) in [5.74, 6) is -0.591. The number of hydrogen-bond donors (Lipinski definition) is 2. The van der Waals surface area contributed by atoms with Gasteiger partial charge in [-0.2, -0.15) is 5.26 Å². The Labute approximate surface area is 112 Å². The molecule has 0 heterocycles. The van der Waals surface area contributed by atoms with Crippen molar-refractivity contribution in [3.8, 4) is 11.8 Å². The number of halogens is 4. The van der Waals surface area contributed by atoms with Gasteiger partial charge < -0.3 is 15.2 Å². The molecule has 2 N–H and O–H groups in total. The van der Waals surface area contributed by atoms with E-state index < -0.39 is 18.2 Å². The van der Waals surface area contributed by atoms with Gasteiger partial charge in [-0.25, -0.2) is 0 Å². The average Bonchev–Trinajstić information content (AvgIpc) is 2.34. The van der Waals surface area contributed by atoms with Gasteiger partial charge in [-0.05, 0) is 12.1 Å². The van der Waals surface area contributed by atoms with Gasteiger partial charge in [-0.1, -0.05) is 0 Å². The minimum Gasteiger partial charge on any atom is -0.404 e. The summed E-state index contributed by atoms with van der Waals surface area (Å²) < 4.78 is 40.5. The van der Waals surface area contributed by atoms with E-state index in [2.05, 4.69) is 10.1 Å². The number of nitriles is 1. The fraction of sp³-hybridized carbons (Fsp3) is 0.364. The molecule has 0 aromatic heterocycles. The van der Waals surface area contributed by atoms with Crippen LogP contribution in [-0.2, 0) is 0 Å². The van der Waals surface area contributed by atoms with Gasteiger partial charge >= 0.3 is 6.36 Å². The summed E-state index contributed by atoms with van der Waals surface area (Å²) in [7, 11) is 0. The molecule has 0 fully saturated rings. The lowest BCUT2D eigenvalue weighted by molar-refractivity contribution is -0.274. The van der Waals surface area contributed by atoms with E-state index in [0.717, 1.165) is 6.07 Å². The zero-order chi connectivity index (χ0) is 14.5. The van der Waals surface area contributed by atoms with Crippen LogP contribution in [0.25, 0.3) is 0 Å². The molecule has 0 bridgehead atoms. The van der Waals surface area contributed by atoms with Crippen LogP contribution in [0.1, 0.15) is 5.56 Å². The van der Waals surface area contributed by atoms with E-state index in [1.165, 1.54) is 12.1 Å². The Morgan fingerprint density at radius 1 is 1.47 bits per heavy atom. The predicted molar refractivity (Wildman–Crippen MR) is 63.1 cm³/mol. The molecule has 19 heavy (non-hydrogen) atoms. The molecule has 0 saturated heterocycles. The Morgan fingerprint density at radius 3 is 2.68 bits per heavy atom. The number of alkyl halides is 4. The van der Waals surface area contributed by atoms with Gasteiger partial charge in [0.2, 0.25) is 0 Å². The SMILES string of the molecule is N#Cc1ccc(NCC(O)CCl)c(OC(F)(F)F)c1. The maximum Gasteiger partial charge on any atom is 0.573 e. The number of nitrogens with one attached hydrogen (secondary N) is 1. The average molecular weight is 295 g/mol.